The molecule has 1 atom stereocenters. The number of halogens is 2. The van der Waals surface area contributed by atoms with Gasteiger partial charge in [0.25, 0.3) is 0 Å². The molecule has 0 aromatic heterocycles. The molecule has 0 aliphatic carbocycles. The zero-order valence-corrected chi connectivity index (χ0v) is 11.0. The molecule has 0 spiro atoms. The SMILES string of the molecule is Cc1ccc(CN2CCCC2CN)cc1F.Cl. The number of hydrogen-bond donors (Lipinski definition) is 1. The summed E-state index contributed by atoms with van der Waals surface area (Å²) in [5.74, 6) is -0.110. The van der Waals surface area contributed by atoms with Gasteiger partial charge >= 0.3 is 0 Å². The van der Waals surface area contributed by atoms with Gasteiger partial charge in [0.15, 0.2) is 0 Å². The predicted octanol–water partition coefficient (Wildman–Crippen LogP) is 2.48. The van der Waals surface area contributed by atoms with Crippen LogP contribution >= 0.6 is 12.4 Å². The molecular weight excluding hydrogens is 239 g/mol. The molecule has 1 fully saturated rings. The molecule has 0 bridgehead atoms. The Labute approximate surface area is 108 Å². The molecule has 2 nitrogen and oxygen atoms in total. The molecule has 2 N–H and O–H groups in total. The van der Waals surface area contributed by atoms with E-state index in [9.17, 15) is 4.39 Å². The van der Waals surface area contributed by atoms with Gasteiger partial charge in [0, 0.05) is 19.1 Å². The first-order valence-electron chi connectivity index (χ1n) is 5.90. The lowest BCUT2D eigenvalue weighted by Crippen LogP contribution is -2.34. The summed E-state index contributed by atoms with van der Waals surface area (Å²) in [7, 11) is 0. The maximum atomic E-state index is 13.4. The highest BCUT2D eigenvalue weighted by atomic mass is 35.5. The van der Waals surface area contributed by atoms with Crippen molar-refractivity contribution in [1.29, 1.82) is 0 Å². The van der Waals surface area contributed by atoms with Crippen LogP contribution in [0.5, 0.6) is 0 Å². The van der Waals surface area contributed by atoms with E-state index in [0.717, 1.165) is 18.7 Å². The van der Waals surface area contributed by atoms with Crippen LogP contribution in [0.4, 0.5) is 4.39 Å². The van der Waals surface area contributed by atoms with Crippen LogP contribution in [0.1, 0.15) is 24.0 Å². The molecule has 1 heterocycles. The number of benzene rings is 1. The van der Waals surface area contributed by atoms with E-state index in [0.29, 0.717) is 18.2 Å². The molecule has 2 rings (SSSR count). The second-order valence-electron chi connectivity index (χ2n) is 4.59. The van der Waals surface area contributed by atoms with E-state index in [4.69, 9.17) is 5.73 Å². The average molecular weight is 259 g/mol. The number of hydrogen-bond acceptors (Lipinski definition) is 2. The van der Waals surface area contributed by atoms with Crippen LogP contribution in [0.3, 0.4) is 0 Å². The lowest BCUT2D eigenvalue weighted by Gasteiger charge is -2.23. The van der Waals surface area contributed by atoms with E-state index in [-0.39, 0.29) is 18.2 Å². The maximum absolute atomic E-state index is 13.4. The van der Waals surface area contributed by atoms with Gasteiger partial charge in [-0.15, -0.1) is 12.4 Å². The van der Waals surface area contributed by atoms with E-state index in [1.165, 1.54) is 12.8 Å². The van der Waals surface area contributed by atoms with Crippen LogP contribution in [-0.4, -0.2) is 24.0 Å². The van der Waals surface area contributed by atoms with Gasteiger partial charge in [0.2, 0.25) is 0 Å². The minimum absolute atomic E-state index is 0. The summed E-state index contributed by atoms with van der Waals surface area (Å²) in [6.07, 6.45) is 2.38. The van der Waals surface area contributed by atoms with Crippen LogP contribution < -0.4 is 5.73 Å². The number of nitrogens with two attached hydrogens (primary N) is 1. The number of aryl methyl sites for hydroxylation is 1. The largest absolute Gasteiger partial charge is 0.329 e. The Bertz CT molecular complexity index is 370. The molecule has 1 aromatic carbocycles. The summed E-state index contributed by atoms with van der Waals surface area (Å²) < 4.78 is 13.4. The Kier molecular flexibility index (Phi) is 5.37. The zero-order chi connectivity index (χ0) is 11.5. The highest BCUT2D eigenvalue weighted by Gasteiger charge is 2.22. The van der Waals surface area contributed by atoms with Gasteiger partial charge in [-0.1, -0.05) is 12.1 Å². The van der Waals surface area contributed by atoms with Gasteiger partial charge in [0.05, 0.1) is 0 Å². The van der Waals surface area contributed by atoms with E-state index in [1.807, 2.05) is 12.1 Å². The lowest BCUT2D eigenvalue weighted by atomic mass is 10.1. The molecule has 1 aliphatic rings. The number of rotatable bonds is 3. The van der Waals surface area contributed by atoms with Gasteiger partial charge in [-0.3, -0.25) is 4.90 Å². The van der Waals surface area contributed by atoms with Crippen LogP contribution in [0.25, 0.3) is 0 Å². The van der Waals surface area contributed by atoms with E-state index < -0.39 is 0 Å². The molecule has 1 aliphatic heterocycles. The summed E-state index contributed by atoms with van der Waals surface area (Å²) in [5, 5.41) is 0. The zero-order valence-electron chi connectivity index (χ0n) is 10.2. The molecule has 96 valence electrons. The van der Waals surface area contributed by atoms with Gasteiger partial charge in [0.1, 0.15) is 5.82 Å². The smallest absolute Gasteiger partial charge is 0.126 e. The van der Waals surface area contributed by atoms with Crippen molar-refractivity contribution in [3.05, 3.63) is 35.1 Å². The van der Waals surface area contributed by atoms with Crippen LogP contribution in [-0.2, 0) is 6.54 Å². The molecule has 1 saturated heterocycles. The summed E-state index contributed by atoms with van der Waals surface area (Å²) in [5.41, 5.74) is 7.47. The molecule has 1 aromatic rings. The molecular formula is C13H20ClFN2. The fraction of sp³-hybridized carbons (Fsp3) is 0.538. The predicted molar refractivity (Wildman–Crippen MR) is 70.9 cm³/mol. The monoisotopic (exact) mass is 258 g/mol. The highest BCUT2D eigenvalue weighted by Crippen LogP contribution is 2.20. The van der Waals surface area contributed by atoms with Crippen molar-refractivity contribution in [1.82, 2.24) is 4.90 Å². The molecule has 0 saturated carbocycles. The normalized spacial score (nSPS) is 20.3. The first kappa shape index (κ1) is 14.4. The van der Waals surface area contributed by atoms with Crippen LogP contribution in [0.2, 0.25) is 0 Å². The van der Waals surface area contributed by atoms with E-state index >= 15 is 0 Å². The third-order valence-corrected chi connectivity index (χ3v) is 3.39. The average Bonchev–Trinajstić information content (AvgIpc) is 2.71. The second-order valence-corrected chi connectivity index (χ2v) is 4.59. The van der Waals surface area contributed by atoms with Gasteiger partial charge in [-0.25, -0.2) is 4.39 Å². The molecule has 4 heteroatoms. The van der Waals surface area contributed by atoms with E-state index in [2.05, 4.69) is 4.90 Å². The summed E-state index contributed by atoms with van der Waals surface area (Å²) >= 11 is 0. The van der Waals surface area contributed by atoms with Crippen molar-refractivity contribution >= 4 is 12.4 Å². The van der Waals surface area contributed by atoms with Crippen molar-refractivity contribution in [3.63, 3.8) is 0 Å². The van der Waals surface area contributed by atoms with Crippen LogP contribution in [0.15, 0.2) is 18.2 Å². The lowest BCUT2D eigenvalue weighted by molar-refractivity contribution is 0.250. The van der Waals surface area contributed by atoms with Gasteiger partial charge < -0.3 is 5.73 Å². The van der Waals surface area contributed by atoms with Gasteiger partial charge in [-0.05, 0) is 43.5 Å². The molecule has 0 radical (unpaired) electrons. The molecule has 0 amide bonds. The third kappa shape index (κ3) is 3.41. The minimum atomic E-state index is -0.110. The second kappa shape index (κ2) is 6.34. The van der Waals surface area contributed by atoms with Crippen molar-refractivity contribution in [2.45, 2.75) is 32.4 Å². The fourth-order valence-electron chi connectivity index (χ4n) is 2.34. The Hall–Kier alpha value is -0.640. The van der Waals surface area contributed by atoms with E-state index in [1.54, 1.807) is 13.0 Å². The molecule has 17 heavy (non-hydrogen) atoms. The Morgan fingerprint density at radius 1 is 1.47 bits per heavy atom. The maximum Gasteiger partial charge on any atom is 0.126 e. The molecule has 1 unspecified atom stereocenters. The first-order valence-corrected chi connectivity index (χ1v) is 5.90. The summed E-state index contributed by atoms with van der Waals surface area (Å²) in [6.45, 7) is 4.39. The topological polar surface area (TPSA) is 29.3 Å². The Balaban J connectivity index is 0.00000144. The standard InChI is InChI=1S/C13H19FN2.ClH/c1-10-4-5-11(7-13(10)14)9-16-6-2-3-12(16)8-15;/h4-5,7,12H,2-3,6,8-9,15H2,1H3;1H. The fourth-order valence-corrected chi connectivity index (χ4v) is 2.34. The quantitative estimate of drug-likeness (QED) is 0.903. The number of likely N-dealkylation sites (tertiary alicyclic amines) is 1. The third-order valence-electron chi connectivity index (χ3n) is 3.39. The Morgan fingerprint density at radius 3 is 2.88 bits per heavy atom. The first-order chi connectivity index (χ1) is 7.70. The van der Waals surface area contributed by atoms with Crippen LogP contribution in [0, 0.1) is 12.7 Å². The van der Waals surface area contributed by atoms with Crippen molar-refractivity contribution < 1.29 is 4.39 Å². The highest BCUT2D eigenvalue weighted by molar-refractivity contribution is 5.85. The van der Waals surface area contributed by atoms with Gasteiger partial charge in [-0.2, -0.15) is 0 Å². The Morgan fingerprint density at radius 2 is 2.24 bits per heavy atom. The minimum Gasteiger partial charge on any atom is -0.329 e. The summed E-state index contributed by atoms with van der Waals surface area (Å²) in [6, 6.07) is 5.97. The van der Waals surface area contributed by atoms with Crippen molar-refractivity contribution in [2.24, 2.45) is 5.73 Å². The summed E-state index contributed by atoms with van der Waals surface area (Å²) in [4.78, 5) is 2.35. The van der Waals surface area contributed by atoms with Crippen molar-refractivity contribution in [3.8, 4) is 0 Å². The van der Waals surface area contributed by atoms with Crippen molar-refractivity contribution in [2.75, 3.05) is 13.1 Å². The number of nitrogens with zero attached hydrogens (tertiary/aromatic N) is 1.